The van der Waals surface area contributed by atoms with Crippen molar-refractivity contribution in [3.05, 3.63) is 58.4 Å². The summed E-state index contributed by atoms with van der Waals surface area (Å²) in [5.41, 5.74) is 0.955. The fourth-order valence-corrected chi connectivity index (χ4v) is 4.73. The average molecular weight is 377 g/mol. The first kappa shape index (κ1) is 17.3. The lowest BCUT2D eigenvalue weighted by Gasteiger charge is -2.02. The maximum Gasteiger partial charge on any atom is 0.249 e. The normalized spacial score (nSPS) is 12.0. The van der Waals surface area contributed by atoms with E-state index in [1.807, 2.05) is 60.0 Å². The molecule has 3 aromatic rings. The second kappa shape index (κ2) is 8.01. The van der Waals surface area contributed by atoms with Crippen LogP contribution in [0, 0.1) is 0 Å². The van der Waals surface area contributed by atoms with Crippen LogP contribution in [0.3, 0.4) is 0 Å². The third-order valence-corrected chi connectivity index (χ3v) is 5.88. The molecule has 0 spiro atoms. The molecule has 24 heavy (non-hydrogen) atoms. The van der Waals surface area contributed by atoms with E-state index in [2.05, 4.69) is 4.99 Å². The number of amides is 1. The van der Waals surface area contributed by atoms with Gasteiger partial charge in [0.05, 0.1) is 15.2 Å². The van der Waals surface area contributed by atoms with Crippen molar-refractivity contribution >= 4 is 50.8 Å². The van der Waals surface area contributed by atoms with Crippen molar-refractivity contribution in [1.29, 1.82) is 0 Å². The first-order valence-electron chi connectivity index (χ1n) is 7.72. The van der Waals surface area contributed by atoms with Crippen LogP contribution in [0.25, 0.3) is 10.2 Å². The average Bonchev–Trinajstić information content (AvgIpc) is 2.94. The fourth-order valence-electron chi connectivity index (χ4n) is 2.40. The van der Waals surface area contributed by atoms with Gasteiger partial charge in [0.15, 0.2) is 4.80 Å². The van der Waals surface area contributed by atoms with Gasteiger partial charge in [-0.15, -0.1) is 11.8 Å². The first-order valence-corrected chi connectivity index (χ1v) is 9.90. The number of aromatic nitrogens is 1. The molecule has 0 aliphatic carbocycles. The molecule has 0 aliphatic rings. The predicted octanol–water partition coefficient (Wildman–Crippen LogP) is 4.99. The van der Waals surface area contributed by atoms with Crippen molar-refractivity contribution in [1.82, 2.24) is 4.57 Å². The predicted molar refractivity (Wildman–Crippen MR) is 103 cm³/mol. The van der Waals surface area contributed by atoms with Crippen LogP contribution >= 0.6 is 34.7 Å². The van der Waals surface area contributed by atoms with Gasteiger partial charge in [0, 0.05) is 23.6 Å². The zero-order valence-corrected chi connectivity index (χ0v) is 15.6. The number of thioether (sulfide) groups is 1. The van der Waals surface area contributed by atoms with Crippen molar-refractivity contribution in [2.75, 3.05) is 5.75 Å². The minimum Gasteiger partial charge on any atom is -0.315 e. The van der Waals surface area contributed by atoms with Crippen LogP contribution in [0.1, 0.15) is 13.3 Å². The van der Waals surface area contributed by atoms with Gasteiger partial charge in [-0.2, -0.15) is 4.99 Å². The van der Waals surface area contributed by atoms with Gasteiger partial charge in [-0.05, 0) is 31.2 Å². The summed E-state index contributed by atoms with van der Waals surface area (Å²) in [6.07, 6.45) is 0.422. The van der Waals surface area contributed by atoms with E-state index in [0.717, 1.165) is 27.3 Å². The van der Waals surface area contributed by atoms with Crippen LogP contribution < -0.4 is 4.80 Å². The highest BCUT2D eigenvalue weighted by Gasteiger charge is 2.09. The standard InChI is InChI=1S/C18H17ClN2OS2/c1-2-21-17-14(19)9-6-10-15(17)24-18(21)20-16(22)11-12-23-13-7-4-3-5-8-13/h3-10H,2,11-12H2,1H3. The van der Waals surface area contributed by atoms with Gasteiger partial charge in [0.1, 0.15) is 0 Å². The number of halogens is 1. The van der Waals surface area contributed by atoms with E-state index in [1.54, 1.807) is 11.8 Å². The van der Waals surface area contributed by atoms with Gasteiger partial charge in [0.2, 0.25) is 5.91 Å². The van der Waals surface area contributed by atoms with Crippen LogP contribution in [0.2, 0.25) is 5.02 Å². The zero-order chi connectivity index (χ0) is 16.9. The monoisotopic (exact) mass is 376 g/mol. The van der Waals surface area contributed by atoms with Crippen molar-refractivity contribution in [2.24, 2.45) is 4.99 Å². The smallest absolute Gasteiger partial charge is 0.249 e. The van der Waals surface area contributed by atoms with E-state index < -0.39 is 0 Å². The molecule has 3 nitrogen and oxygen atoms in total. The minimum atomic E-state index is -0.0942. The number of para-hydroxylation sites is 1. The van der Waals surface area contributed by atoms with Crippen molar-refractivity contribution < 1.29 is 4.79 Å². The zero-order valence-electron chi connectivity index (χ0n) is 13.2. The molecule has 0 unspecified atom stereocenters. The maximum atomic E-state index is 12.2. The van der Waals surface area contributed by atoms with Gasteiger partial charge >= 0.3 is 0 Å². The van der Waals surface area contributed by atoms with Crippen molar-refractivity contribution in [2.45, 2.75) is 24.8 Å². The lowest BCUT2D eigenvalue weighted by atomic mass is 10.3. The number of hydrogen-bond acceptors (Lipinski definition) is 3. The number of rotatable bonds is 5. The molecule has 124 valence electrons. The molecular formula is C18H17ClN2OS2. The van der Waals surface area contributed by atoms with Gasteiger partial charge in [-0.3, -0.25) is 4.79 Å². The Balaban J connectivity index is 1.77. The summed E-state index contributed by atoms with van der Waals surface area (Å²) >= 11 is 9.47. The molecule has 1 amide bonds. The third-order valence-electron chi connectivity index (χ3n) is 3.52. The summed E-state index contributed by atoms with van der Waals surface area (Å²) in [5.74, 6) is 0.632. The molecule has 0 fully saturated rings. The number of thiazole rings is 1. The Morgan fingerprint density at radius 1 is 1.21 bits per heavy atom. The number of benzene rings is 2. The largest absolute Gasteiger partial charge is 0.315 e. The van der Waals surface area contributed by atoms with Crippen LogP contribution in [0.15, 0.2) is 58.4 Å². The fraction of sp³-hybridized carbons (Fsp3) is 0.222. The van der Waals surface area contributed by atoms with Crippen LogP contribution in [0.5, 0.6) is 0 Å². The molecule has 0 saturated heterocycles. The summed E-state index contributed by atoms with van der Waals surface area (Å²) in [6.45, 7) is 2.76. The van der Waals surface area contributed by atoms with E-state index in [4.69, 9.17) is 11.6 Å². The van der Waals surface area contributed by atoms with Gasteiger partial charge < -0.3 is 4.57 Å². The number of carbonyl (C=O) groups excluding carboxylic acids is 1. The second-order valence-corrected chi connectivity index (χ2v) is 7.72. The third kappa shape index (κ3) is 3.91. The van der Waals surface area contributed by atoms with Gasteiger partial charge in [-0.1, -0.05) is 47.2 Å². The molecule has 2 aromatic carbocycles. The number of aryl methyl sites for hydroxylation is 1. The van der Waals surface area contributed by atoms with E-state index in [1.165, 1.54) is 16.2 Å². The first-order chi connectivity index (χ1) is 11.7. The Morgan fingerprint density at radius 3 is 2.75 bits per heavy atom. The molecule has 0 N–H and O–H groups in total. The minimum absolute atomic E-state index is 0.0942. The Morgan fingerprint density at radius 2 is 2.00 bits per heavy atom. The van der Waals surface area contributed by atoms with E-state index in [9.17, 15) is 4.79 Å². The van der Waals surface area contributed by atoms with Gasteiger partial charge in [-0.25, -0.2) is 0 Å². The molecule has 0 atom stereocenters. The maximum absolute atomic E-state index is 12.2. The number of hydrogen-bond donors (Lipinski definition) is 0. The van der Waals surface area contributed by atoms with Crippen LogP contribution in [-0.2, 0) is 11.3 Å². The summed E-state index contributed by atoms with van der Waals surface area (Å²) in [5, 5.41) is 0.694. The lowest BCUT2D eigenvalue weighted by Crippen LogP contribution is -2.16. The van der Waals surface area contributed by atoms with E-state index in [0.29, 0.717) is 11.4 Å². The molecule has 0 saturated carbocycles. The molecule has 0 aliphatic heterocycles. The number of nitrogens with zero attached hydrogens (tertiary/aromatic N) is 2. The number of carbonyl (C=O) groups is 1. The molecule has 1 aromatic heterocycles. The quantitative estimate of drug-likeness (QED) is 0.588. The second-order valence-electron chi connectivity index (χ2n) is 5.13. The highest BCUT2D eigenvalue weighted by molar-refractivity contribution is 7.99. The Bertz CT molecular complexity index is 916. The summed E-state index contributed by atoms with van der Waals surface area (Å²) in [7, 11) is 0. The molecule has 3 rings (SSSR count). The summed E-state index contributed by atoms with van der Waals surface area (Å²) in [6, 6.07) is 15.9. The molecule has 1 heterocycles. The van der Waals surface area contributed by atoms with E-state index >= 15 is 0 Å². The van der Waals surface area contributed by atoms with Gasteiger partial charge in [0.25, 0.3) is 0 Å². The summed E-state index contributed by atoms with van der Waals surface area (Å²) < 4.78 is 3.06. The molecule has 0 bridgehead atoms. The molecule has 6 heteroatoms. The highest BCUT2D eigenvalue weighted by atomic mass is 35.5. The Kier molecular flexibility index (Phi) is 5.76. The SMILES string of the molecule is CCn1c(=NC(=O)CCSc2ccccc2)sc2cccc(Cl)c21. The van der Waals surface area contributed by atoms with Crippen molar-refractivity contribution in [3.8, 4) is 0 Å². The Labute approximate surface area is 154 Å². The summed E-state index contributed by atoms with van der Waals surface area (Å²) in [4.78, 5) is 18.4. The molecular weight excluding hydrogens is 360 g/mol. The van der Waals surface area contributed by atoms with E-state index in [-0.39, 0.29) is 5.91 Å². The Hall–Kier alpha value is -1.56. The van der Waals surface area contributed by atoms with Crippen molar-refractivity contribution in [3.63, 3.8) is 0 Å². The number of fused-ring (bicyclic) bond motifs is 1. The lowest BCUT2D eigenvalue weighted by molar-refractivity contribution is -0.117. The highest BCUT2D eigenvalue weighted by Crippen LogP contribution is 2.25. The van der Waals surface area contributed by atoms with Crippen LogP contribution in [-0.4, -0.2) is 16.2 Å². The van der Waals surface area contributed by atoms with Crippen LogP contribution in [0.4, 0.5) is 0 Å². The molecule has 0 radical (unpaired) electrons. The topological polar surface area (TPSA) is 34.4 Å².